The number of fused-ring (bicyclic) bond motifs is 2. The second-order valence-electron chi connectivity index (χ2n) is 12.0. The second-order valence-corrected chi connectivity index (χ2v) is 14.1. The molecule has 0 saturated heterocycles. The third kappa shape index (κ3) is 7.65. The maximum atomic E-state index is 6.36. The van der Waals surface area contributed by atoms with Crippen LogP contribution in [0.5, 0.6) is 0 Å². The number of unbranched alkanes of at least 4 members (excludes halogenated alkanes) is 1. The minimum atomic E-state index is 0.813. The number of benzene rings is 4. The normalized spacial score (nSPS) is 13.3. The molecule has 5 rings (SSSR count). The molecule has 0 amide bonds. The van der Waals surface area contributed by atoms with Crippen LogP contribution in [0.1, 0.15) is 52.5 Å². The molecule has 1 atom stereocenters. The average Bonchev–Trinajstić information content (AvgIpc) is 3.28. The lowest BCUT2D eigenvalue weighted by Gasteiger charge is -2.36. The van der Waals surface area contributed by atoms with Gasteiger partial charge < -0.3 is 4.48 Å². The number of hydrogen-bond donors (Lipinski definition) is 0. The minimum absolute atomic E-state index is 0.813. The standard InChI is InChI=1S/C37H43BrClN2S/c1-5-41(26-38,25-31-19-27(2)18-28(3)20-31)17-9-8-16-40(23-30-12-13-32-10-6-7-11-33(32)21-30)24-37-29(4)35-22-34(39)14-15-36(35)42-37/h6-7,10-15,18-22H,5,8-9,16-17,23-26H2,1-4H3/q+1. The van der Waals surface area contributed by atoms with Crippen LogP contribution in [-0.4, -0.2) is 34.5 Å². The van der Waals surface area contributed by atoms with Crippen molar-refractivity contribution >= 4 is 59.7 Å². The summed E-state index contributed by atoms with van der Waals surface area (Å²) in [7, 11) is 0. The van der Waals surface area contributed by atoms with Crippen molar-refractivity contribution in [1.29, 1.82) is 0 Å². The van der Waals surface area contributed by atoms with Gasteiger partial charge in [0.25, 0.3) is 0 Å². The van der Waals surface area contributed by atoms with Gasteiger partial charge in [-0.05, 0) is 115 Å². The first-order chi connectivity index (χ1) is 20.3. The smallest absolute Gasteiger partial charge is 0.134 e. The first-order valence-corrected chi connectivity index (χ1v) is 17.4. The van der Waals surface area contributed by atoms with E-state index in [0.717, 1.165) is 47.7 Å². The van der Waals surface area contributed by atoms with Crippen LogP contribution in [0.3, 0.4) is 0 Å². The Labute approximate surface area is 269 Å². The van der Waals surface area contributed by atoms with E-state index in [1.54, 1.807) is 0 Å². The van der Waals surface area contributed by atoms with Gasteiger partial charge in [-0.15, -0.1) is 11.3 Å². The third-order valence-corrected chi connectivity index (χ3v) is 11.2. The fourth-order valence-corrected chi connectivity index (χ4v) is 8.46. The predicted octanol–water partition coefficient (Wildman–Crippen LogP) is 10.8. The summed E-state index contributed by atoms with van der Waals surface area (Å²) in [6.45, 7) is 15.4. The number of quaternary nitrogens is 1. The SMILES string of the molecule is CC[N+](CBr)(CCCCN(Cc1ccc2ccccc2c1)Cc1sc2ccc(Cl)cc2c1C)Cc1cc(C)cc(C)c1. The molecule has 1 unspecified atom stereocenters. The van der Waals surface area contributed by atoms with Gasteiger partial charge in [-0.25, -0.2) is 0 Å². The fourth-order valence-electron chi connectivity index (χ4n) is 6.27. The van der Waals surface area contributed by atoms with E-state index in [9.17, 15) is 0 Å². The van der Waals surface area contributed by atoms with Crippen molar-refractivity contribution in [1.82, 2.24) is 4.90 Å². The molecule has 42 heavy (non-hydrogen) atoms. The zero-order valence-corrected chi connectivity index (χ0v) is 28.6. The van der Waals surface area contributed by atoms with Crippen LogP contribution in [0.2, 0.25) is 5.02 Å². The van der Waals surface area contributed by atoms with Gasteiger partial charge in [-0.3, -0.25) is 4.90 Å². The largest absolute Gasteiger partial charge is 0.311 e. The van der Waals surface area contributed by atoms with E-state index in [-0.39, 0.29) is 0 Å². The highest BCUT2D eigenvalue weighted by Gasteiger charge is 2.25. The monoisotopic (exact) mass is 661 g/mol. The summed E-state index contributed by atoms with van der Waals surface area (Å²) in [6.07, 6.45) is 2.39. The lowest BCUT2D eigenvalue weighted by molar-refractivity contribution is -0.926. The van der Waals surface area contributed by atoms with Gasteiger partial charge in [0.05, 0.1) is 13.1 Å². The maximum Gasteiger partial charge on any atom is 0.134 e. The van der Waals surface area contributed by atoms with Gasteiger partial charge in [0.1, 0.15) is 12.0 Å². The average molecular weight is 663 g/mol. The highest BCUT2D eigenvalue weighted by molar-refractivity contribution is 9.09. The number of aryl methyl sites for hydroxylation is 3. The molecule has 0 spiro atoms. The molecule has 0 saturated carbocycles. The van der Waals surface area contributed by atoms with Crippen LogP contribution in [0.25, 0.3) is 20.9 Å². The van der Waals surface area contributed by atoms with Gasteiger partial charge in [-0.1, -0.05) is 77.3 Å². The quantitative estimate of drug-likeness (QED) is 0.0525. The zero-order chi connectivity index (χ0) is 29.7. The van der Waals surface area contributed by atoms with E-state index in [1.807, 2.05) is 17.4 Å². The number of thiophene rings is 1. The Morgan fingerprint density at radius 1 is 0.810 bits per heavy atom. The molecule has 2 nitrogen and oxygen atoms in total. The van der Waals surface area contributed by atoms with E-state index in [1.165, 1.54) is 72.9 Å². The van der Waals surface area contributed by atoms with Crippen molar-refractivity contribution in [2.75, 3.05) is 25.1 Å². The highest BCUT2D eigenvalue weighted by atomic mass is 79.9. The van der Waals surface area contributed by atoms with Crippen molar-refractivity contribution in [2.45, 2.75) is 60.2 Å². The van der Waals surface area contributed by atoms with Gasteiger partial charge in [-0.2, -0.15) is 0 Å². The molecular formula is C37H43BrClN2S+. The summed E-state index contributed by atoms with van der Waals surface area (Å²) < 4.78 is 2.40. The number of alkyl halides is 1. The van der Waals surface area contributed by atoms with Crippen molar-refractivity contribution in [3.8, 4) is 0 Å². The predicted molar refractivity (Wildman–Crippen MR) is 188 cm³/mol. The van der Waals surface area contributed by atoms with Gasteiger partial charge >= 0.3 is 0 Å². The van der Waals surface area contributed by atoms with Crippen LogP contribution in [0.4, 0.5) is 0 Å². The molecule has 0 aliphatic heterocycles. The summed E-state index contributed by atoms with van der Waals surface area (Å²) in [5.74, 6) is 0. The molecular weight excluding hydrogens is 620 g/mol. The topological polar surface area (TPSA) is 3.24 Å². The Morgan fingerprint density at radius 3 is 2.31 bits per heavy atom. The molecule has 0 bridgehead atoms. The van der Waals surface area contributed by atoms with Crippen LogP contribution in [0.15, 0.2) is 78.9 Å². The van der Waals surface area contributed by atoms with Crippen molar-refractivity contribution in [2.24, 2.45) is 0 Å². The maximum absolute atomic E-state index is 6.36. The zero-order valence-electron chi connectivity index (χ0n) is 25.4. The number of rotatable bonds is 13. The molecule has 220 valence electrons. The first kappa shape index (κ1) is 31.2. The molecule has 0 fully saturated rings. The summed E-state index contributed by atoms with van der Waals surface area (Å²) in [5, 5.41) is 4.73. The lowest BCUT2D eigenvalue weighted by Crippen LogP contribution is -2.46. The van der Waals surface area contributed by atoms with Crippen molar-refractivity contribution in [3.05, 3.63) is 117 Å². The first-order valence-electron chi connectivity index (χ1n) is 15.1. The van der Waals surface area contributed by atoms with Gasteiger partial charge in [0.2, 0.25) is 0 Å². The fraction of sp³-hybridized carbons (Fsp3) is 0.351. The Balaban J connectivity index is 1.31. The molecule has 0 N–H and O–H groups in total. The van der Waals surface area contributed by atoms with E-state index in [2.05, 4.69) is 121 Å². The van der Waals surface area contributed by atoms with E-state index >= 15 is 0 Å². The molecule has 0 aliphatic rings. The minimum Gasteiger partial charge on any atom is -0.311 e. The Bertz CT molecular complexity index is 1630. The van der Waals surface area contributed by atoms with Crippen molar-refractivity contribution < 1.29 is 4.48 Å². The molecule has 5 aromatic rings. The summed E-state index contributed by atoms with van der Waals surface area (Å²) in [4.78, 5) is 4.10. The third-order valence-electron chi connectivity index (χ3n) is 8.66. The summed E-state index contributed by atoms with van der Waals surface area (Å²) in [5.41, 5.74) is 7.90. The second kappa shape index (κ2) is 14.1. The van der Waals surface area contributed by atoms with E-state index < -0.39 is 0 Å². The Hall–Kier alpha value is -2.21. The van der Waals surface area contributed by atoms with Crippen LogP contribution < -0.4 is 0 Å². The number of nitrogens with zero attached hydrogens (tertiary/aromatic N) is 2. The van der Waals surface area contributed by atoms with Crippen LogP contribution >= 0.6 is 38.9 Å². The highest BCUT2D eigenvalue weighted by Crippen LogP contribution is 2.34. The molecule has 0 radical (unpaired) electrons. The Morgan fingerprint density at radius 2 is 1.57 bits per heavy atom. The van der Waals surface area contributed by atoms with Crippen LogP contribution in [-0.2, 0) is 19.6 Å². The van der Waals surface area contributed by atoms with E-state index in [4.69, 9.17) is 11.6 Å². The van der Waals surface area contributed by atoms with Gasteiger partial charge in [0, 0.05) is 33.3 Å². The molecule has 4 aromatic carbocycles. The summed E-state index contributed by atoms with van der Waals surface area (Å²) >= 11 is 12.2. The van der Waals surface area contributed by atoms with Crippen molar-refractivity contribution in [3.63, 3.8) is 0 Å². The number of hydrogen-bond acceptors (Lipinski definition) is 2. The van der Waals surface area contributed by atoms with Crippen LogP contribution in [0, 0.1) is 20.8 Å². The number of halogens is 2. The molecule has 0 aliphatic carbocycles. The molecule has 1 aromatic heterocycles. The van der Waals surface area contributed by atoms with E-state index in [0.29, 0.717) is 0 Å². The molecule has 1 heterocycles. The lowest BCUT2D eigenvalue weighted by atomic mass is 10.1. The van der Waals surface area contributed by atoms with Gasteiger partial charge in [0.15, 0.2) is 0 Å². The summed E-state index contributed by atoms with van der Waals surface area (Å²) in [6, 6.07) is 28.9. The Kier molecular flexibility index (Phi) is 10.4. The molecule has 5 heteroatoms.